The van der Waals surface area contributed by atoms with Gasteiger partial charge in [-0.25, -0.2) is 0 Å². The number of amides is 3. The van der Waals surface area contributed by atoms with E-state index in [9.17, 15) is 14.4 Å². The van der Waals surface area contributed by atoms with Gasteiger partial charge in [0.2, 0.25) is 17.7 Å². The summed E-state index contributed by atoms with van der Waals surface area (Å²) in [5, 5.41) is 5.89. The number of likely N-dealkylation sites (tertiary alicyclic amines) is 1. The van der Waals surface area contributed by atoms with E-state index in [1.54, 1.807) is 11.1 Å². The molecule has 2 aliphatic heterocycles. The standard InChI is InChI=1S/C26H32N4O3/c1-18(2)28-25(33)26(12-6-14-30(17-26)24(32)22-10-11-23(31)29-22)15-19-7-3-4-9-21(19)20-8-5-13-27-16-20/h3-5,7-9,13,16,18,22H,6,10-12,14-15,17H2,1-2H3,(H,28,33)(H,29,31). The fourth-order valence-corrected chi connectivity index (χ4v) is 5.01. The van der Waals surface area contributed by atoms with E-state index in [0.717, 1.165) is 23.1 Å². The average molecular weight is 449 g/mol. The summed E-state index contributed by atoms with van der Waals surface area (Å²) in [5.74, 6) is -0.186. The van der Waals surface area contributed by atoms with Crippen molar-refractivity contribution in [3.63, 3.8) is 0 Å². The topological polar surface area (TPSA) is 91.4 Å². The number of hydrogen-bond donors (Lipinski definition) is 2. The summed E-state index contributed by atoms with van der Waals surface area (Å²) in [7, 11) is 0. The highest BCUT2D eigenvalue weighted by Gasteiger charge is 2.45. The molecule has 2 fully saturated rings. The molecule has 7 nitrogen and oxygen atoms in total. The molecule has 2 aromatic rings. The molecular weight excluding hydrogens is 416 g/mol. The zero-order valence-corrected chi connectivity index (χ0v) is 19.3. The monoisotopic (exact) mass is 448 g/mol. The van der Waals surface area contributed by atoms with Gasteiger partial charge in [-0.15, -0.1) is 0 Å². The quantitative estimate of drug-likeness (QED) is 0.711. The molecule has 0 saturated carbocycles. The SMILES string of the molecule is CC(C)NC(=O)C1(Cc2ccccc2-c2cccnc2)CCCN(C(=O)C2CCC(=O)N2)C1. The van der Waals surface area contributed by atoms with Gasteiger partial charge in [0.25, 0.3) is 0 Å². The maximum atomic E-state index is 13.6. The Morgan fingerprint density at radius 2 is 2.06 bits per heavy atom. The molecule has 2 atom stereocenters. The number of pyridine rings is 1. The number of hydrogen-bond acceptors (Lipinski definition) is 4. The fourth-order valence-electron chi connectivity index (χ4n) is 5.01. The Morgan fingerprint density at radius 1 is 1.24 bits per heavy atom. The molecule has 2 aliphatic rings. The third-order valence-corrected chi connectivity index (χ3v) is 6.60. The Hall–Kier alpha value is -3.22. The van der Waals surface area contributed by atoms with Gasteiger partial charge in [-0.2, -0.15) is 0 Å². The zero-order chi connectivity index (χ0) is 23.4. The third kappa shape index (κ3) is 5.07. The second-order valence-electron chi connectivity index (χ2n) is 9.51. The predicted octanol–water partition coefficient (Wildman–Crippen LogP) is 2.70. The summed E-state index contributed by atoms with van der Waals surface area (Å²) in [6.45, 7) is 4.86. The first-order valence-corrected chi connectivity index (χ1v) is 11.8. The molecule has 7 heteroatoms. The molecule has 0 bridgehead atoms. The van der Waals surface area contributed by atoms with E-state index in [-0.39, 0.29) is 23.8 Å². The van der Waals surface area contributed by atoms with Gasteiger partial charge < -0.3 is 15.5 Å². The lowest BCUT2D eigenvalue weighted by atomic mass is 9.73. The predicted molar refractivity (Wildman–Crippen MR) is 126 cm³/mol. The van der Waals surface area contributed by atoms with Crippen LogP contribution >= 0.6 is 0 Å². The highest BCUT2D eigenvalue weighted by atomic mass is 16.2. The molecule has 4 rings (SSSR count). The van der Waals surface area contributed by atoms with Crippen LogP contribution in [0.5, 0.6) is 0 Å². The first-order chi connectivity index (χ1) is 15.9. The van der Waals surface area contributed by atoms with Gasteiger partial charge in [0.05, 0.1) is 5.41 Å². The molecular formula is C26H32N4O3. The van der Waals surface area contributed by atoms with E-state index >= 15 is 0 Å². The molecule has 3 heterocycles. The number of benzene rings is 1. The van der Waals surface area contributed by atoms with Gasteiger partial charge in [-0.05, 0) is 56.7 Å². The van der Waals surface area contributed by atoms with Crippen molar-refractivity contribution in [1.29, 1.82) is 0 Å². The smallest absolute Gasteiger partial charge is 0.245 e. The average Bonchev–Trinajstić information content (AvgIpc) is 3.25. The van der Waals surface area contributed by atoms with Gasteiger partial charge in [0.1, 0.15) is 6.04 Å². The second kappa shape index (κ2) is 9.73. The van der Waals surface area contributed by atoms with Gasteiger partial charge in [0, 0.05) is 43.5 Å². The van der Waals surface area contributed by atoms with Crippen molar-refractivity contribution < 1.29 is 14.4 Å². The minimum absolute atomic E-state index is 0.00291. The van der Waals surface area contributed by atoms with Crippen LogP contribution in [0.3, 0.4) is 0 Å². The summed E-state index contributed by atoms with van der Waals surface area (Å²) in [4.78, 5) is 44.5. The fraction of sp³-hybridized carbons (Fsp3) is 0.462. The number of nitrogens with one attached hydrogen (secondary N) is 2. The van der Waals surface area contributed by atoms with Gasteiger partial charge in [0.15, 0.2) is 0 Å². The van der Waals surface area contributed by atoms with E-state index in [1.165, 1.54) is 0 Å². The van der Waals surface area contributed by atoms with Crippen molar-refractivity contribution in [3.8, 4) is 11.1 Å². The molecule has 2 unspecified atom stereocenters. The molecule has 33 heavy (non-hydrogen) atoms. The summed E-state index contributed by atoms with van der Waals surface area (Å²) < 4.78 is 0. The number of aromatic nitrogens is 1. The van der Waals surface area contributed by atoms with Crippen LogP contribution in [0, 0.1) is 5.41 Å². The molecule has 0 spiro atoms. The Kier molecular flexibility index (Phi) is 6.77. The third-order valence-electron chi connectivity index (χ3n) is 6.60. The Labute approximate surface area is 195 Å². The number of piperidine rings is 1. The van der Waals surface area contributed by atoms with E-state index in [1.807, 2.05) is 44.3 Å². The van der Waals surface area contributed by atoms with Gasteiger partial charge >= 0.3 is 0 Å². The van der Waals surface area contributed by atoms with Crippen molar-refractivity contribution in [1.82, 2.24) is 20.5 Å². The highest BCUT2D eigenvalue weighted by Crippen LogP contribution is 2.37. The summed E-state index contributed by atoms with van der Waals surface area (Å²) in [6.07, 6.45) is 6.44. The molecule has 3 amide bonds. The minimum Gasteiger partial charge on any atom is -0.353 e. The van der Waals surface area contributed by atoms with Gasteiger partial charge in [-0.3, -0.25) is 19.4 Å². The van der Waals surface area contributed by atoms with Gasteiger partial charge in [-0.1, -0.05) is 30.3 Å². The first kappa shape index (κ1) is 23.0. The van der Waals surface area contributed by atoms with Crippen LogP contribution in [-0.2, 0) is 20.8 Å². The number of rotatable bonds is 6. The van der Waals surface area contributed by atoms with Crippen LogP contribution in [0.25, 0.3) is 11.1 Å². The van der Waals surface area contributed by atoms with Crippen molar-refractivity contribution in [2.75, 3.05) is 13.1 Å². The largest absolute Gasteiger partial charge is 0.353 e. The summed E-state index contributed by atoms with van der Waals surface area (Å²) >= 11 is 0. The van der Waals surface area contributed by atoms with Crippen LogP contribution in [0.15, 0.2) is 48.8 Å². The number of carbonyl (C=O) groups is 3. The summed E-state index contributed by atoms with van der Waals surface area (Å²) in [5.41, 5.74) is 2.38. The molecule has 1 aromatic heterocycles. The molecule has 0 aliphatic carbocycles. The van der Waals surface area contributed by atoms with E-state index in [4.69, 9.17) is 0 Å². The molecule has 1 aromatic carbocycles. The maximum Gasteiger partial charge on any atom is 0.245 e. The van der Waals surface area contributed by atoms with Crippen molar-refractivity contribution >= 4 is 17.7 Å². The highest BCUT2D eigenvalue weighted by molar-refractivity contribution is 5.92. The summed E-state index contributed by atoms with van der Waals surface area (Å²) in [6, 6.07) is 11.5. The molecule has 0 radical (unpaired) electrons. The van der Waals surface area contributed by atoms with Crippen LogP contribution in [0.1, 0.15) is 45.1 Å². The minimum atomic E-state index is -0.737. The van der Waals surface area contributed by atoms with Crippen molar-refractivity contribution in [3.05, 3.63) is 54.4 Å². The Bertz CT molecular complexity index is 1020. The van der Waals surface area contributed by atoms with Crippen LogP contribution in [-0.4, -0.2) is 52.8 Å². The Balaban J connectivity index is 1.65. The Morgan fingerprint density at radius 3 is 2.76 bits per heavy atom. The second-order valence-corrected chi connectivity index (χ2v) is 9.51. The molecule has 2 saturated heterocycles. The lowest BCUT2D eigenvalue weighted by molar-refractivity contribution is -0.143. The maximum absolute atomic E-state index is 13.6. The van der Waals surface area contributed by atoms with Crippen LogP contribution < -0.4 is 10.6 Å². The van der Waals surface area contributed by atoms with E-state index in [2.05, 4.69) is 27.8 Å². The zero-order valence-electron chi connectivity index (χ0n) is 19.3. The van der Waals surface area contributed by atoms with Crippen molar-refractivity contribution in [2.24, 2.45) is 5.41 Å². The van der Waals surface area contributed by atoms with Crippen LogP contribution in [0.2, 0.25) is 0 Å². The lowest BCUT2D eigenvalue weighted by Gasteiger charge is -2.43. The van der Waals surface area contributed by atoms with Crippen LogP contribution in [0.4, 0.5) is 0 Å². The van der Waals surface area contributed by atoms with E-state index in [0.29, 0.717) is 38.8 Å². The van der Waals surface area contributed by atoms with Crippen molar-refractivity contribution in [2.45, 2.75) is 58.0 Å². The number of carbonyl (C=O) groups excluding carboxylic acids is 3. The number of nitrogens with zero attached hydrogens (tertiary/aromatic N) is 2. The van der Waals surface area contributed by atoms with E-state index < -0.39 is 11.5 Å². The lowest BCUT2D eigenvalue weighted by Crippen LogP contribution is -2.57. The first-order valence-electron chi connectivity index (χ1n) is 11.8. The molecule has 174 valence electrons. The molecule has 2 N–H and O–H groups in total. The normalized spacial score (nSPS) is 22.8.